The molecule has 0 radical (unpaired) electrons. The first-order chi connectivity index (χ1) is 12.6. The zero-order chi connectivity index (χ0) is 18.1. The minimum Gasteiger partial charge on any atom is -0.480 e. The molecule has 1 aliphatic rings. The van der Waals surface area contributed by atoms with Gasteiger partial charge in [0.2, 0.25) is 0 Å². The Labute approximate surface area is 149 Å². The van der Waals surface area contributed by atoms with Crippen molar-refractivity contribution in [3.63, 3.8) is 0 Å². The van der Waals surface area contributed by atoms with Gasteiger partial charge in [-0.05, 0) is 23.3 Å². The molecule has 0 saturated heterocycles. The average Bonchev–Trinajstić information content (AvgIpc) is 3.25. The van der Waals surface area contributed by atoms with E-state index in [-0.39, 0.29) is 6.42 Å². The number of carbonyl (C=O) groups excluding carboxylic acids is 1. The number of aliphatic carboxylic acids is 1. The van der Waals surface area contributed by atoms with Gasteiger partial charge in [-0.1, -0.05) is 36.4 Å². The predicted octanol–water partition coefficient (Wildman–Crippen LogP) is 2.28. The number of para-hydroxylation sites is 2. The molecule has 2 aromatic carbocycles. The van der Waals surface area contributed by atoms with Gasteiger partial charge >= 0.3 is 5.97 Å². The largest absolute Gasteiger partial charge is 0.480 e. The first-order valence-corrected chi connectivity index (χ1v) is 8.44. The molecule has 2 atom stereocenters. The molecule has 132 valence electrons. The zero-order valence-electron chi connectivity index (χ0n) is 13.9. The second kappa shape index (κ2) is 6.55. The average molecular weight is 350 g/mol. The maximum Gasteiger partial charge on any atom is 0.326 e. The molecule has 1 aromatic heterocycles. The summed E-state index contributed by atoms with van der Waals surface area (Å²) < 4.78 is 5.64. The Balaban J connectivity index is 1.48. The van der Waals surface area contributed by atoms with E-state index < -0.39 is 24.0 Å². The van der Waals surface area contributed by atoms with Crippen molar-refractivity contribution in [1.29, 1.82) is 0 Å². The number of rotatable bonds is 5. The van der Waals surface area contributed by atoms with E-state index in [1.807, 2.05) is 48.5 Å². The van der Waals surface area contributed by atoms with E-state index >= 15 is 0 Å². The van der Waals surface area contributed by atoms with Gasteiger partial charge in [-0.25, -0.2) is 4.79 Å². The van der Waals surface area contributed by atoms with Gasteiger partial charge in [0.25, 0.3) is 5.91 Å². The Hall–Kier alpha value is -3.28. The zero-order valence-corrected chi connectivity index (χ0v) is 13.9. The Morgan fingerprint density at radius 2 is 1.96 bits per heavy atom. The highest BCUT2D eigenvalue weighted by Crippen LogP contribution is 2.28. The van der Waals surface area contributed by atoms with Gasteiger partial charge in [0.15, 0.2) is 6.10 Å². The standard InChI is InChI=1S/C20H18N2O4/c23-19(18-10-12-5-1-4-8-17(12)26-18)22-16(20(24)25)9-13-11-21-15-7-3-2-6-14(13)15/h1-8,11,16,18,21H,9-10H2,(H,22,23)(H,24,25)/t16-,18-/m0/s1. The summed E-state index contributed by atoms with van der Waals surface area (Å²) in [6.45, 7) is 0. The van der Waals surface area contributed by atoms with Gasteiger partial charge < -0.3 is 20.1 Å². The Kier molecular flexibility index (Phi) is 4.08. The highest BCUT2D eigenvalue weighted by atomic mass is 16.5. The lowest BCUT2D eigenvalue weighted by atomic mass is 10.0. The van der Waals surface area contributed by atoms with E-state index in [0.717, 1.165) is 22.0 Å². The van der Waals surface area contributed by atoms with Crippen LogP contribution < -0.4 is 10.1 Å². The highest BCUT2D eigenvalue weighted by Gasteiger charge is 2.32. The van der Waals surface area contributed by atoms with Gasteiger partial charge in [-0.15, -0.1) is 0 Å². The summed E-state index contributed by atoms with van der Waals surface area (Å²) in [5.41, 5.74) is 2.74. The summed E-state index contributed by atoms with van der Waals surface area (Å²) in [4.78, 5) is 27.3. The summed E-state index contributed by atoms with van der Waals surface area (Å²) in [7, 11) is 0. The summed E-state index contributed by atoms with van der Waals surface area (Å²) >= 11 is 0. The third kappa shape index (κ3) is 3.01. The minimum atomic E-state index is -1.07. The van der Waals surface area contributed by atoms with Crippen molar-refractivity contribution in [1.82, 2.24) is 10.3 Å². The van der Waals surface area contributed by atoms with Gasteiger partial charge in [-0.2, -0.15) is 0 Å². The number of aromatic nitrogens is 1. The molecule has 0 fully saturated rings. The number of benzene rings is 2. The lowest BCUT2D eigenvalue weighted by Crippen LogP contribution is -2.47. The van der Waals surface area contributed by atoms with Crippen molar-refractivity contribution >= 4 is 22.8 Å². The molecule has 1 amide bonds. The maximum absolute atomic E-state index is 12.5. The molecule has 0 unspecified atom stereocenters. The fourth-order valence-corrected chi connectivity index (χ4v) is 3.31. The van der Waals surface area contributed by atoms with E-state index in [2.05, 4.69) is 10.3 Å². The van der Waals surface area contributed by atoms with Crippen molar-refractivity contribution < 1.29 is 19.4 Å². The predicted molar refractivity (Wildman–Crippen MR) is 96.1 cm³/mol. The molecule has 4 rings (SSSR count). The monoisotopic (exact) mass is 350 g/mol. The van der Waals surface area contributed by atoms with Gasteiger partial charge in [0.1, 0.15) is 11.8 Å². The number of amides is 1. The Morgan fingerprint density at radius 3 is 2.77 bits per heavy atom. The SMILES string of the molecule is O=C(O)[C@H](Cc1c[nH]c2ccccc12)NC(=O)[C@@H]1Cc2ccccc2O1. The number of carbonyl (C=O) groups is 2. The highest BCUT2D eigenvalue weighted by molar-refractivity contribution is 5.89. The van der Waals surface area contributed by atoms with Gasteiger partial charge in [0, 0.05) is 29.9 Å². The van der Waals surface area contributed by atoms with Crippen LogP contribution in [0.4, 0.5) is 0 Å². The van der Waals surface area contributed by atoms with Crippen molar-refractivity contribution in [2.24, 2.45) is 0 Å². The van der Waals surface area contributed by atoms with Crippen molar-refractivity contribution in [2.75, 3.05) is 0 Å². The summed E-state index contributed by atoms with van der Waals surface area (Å²) in [6, 6.07) is 14.1. The number of nitrogens with one attached hydrogen (secondary N) is 2. The van der Waals surface area contributed by atoms with Gasteiger partial charge in [-0.3, -0.25) is 4.79 Å². The third-order valence-electron chi connectivity index (χ3n) is 4.65. The Morgan fingerprint density at radius 1 is 1.19 bits per heavy atom. The number of aromatic amines is 1. The lowest BCUT2D eigenvalue weighted by Gasteiger charge is -2.17. The molecular formula is C20H18N2O4. The first-order valence-electron chi connectivity index (χ1n) is 8.44. The van der Waals surface area contributed by atoms with Crippen LogP contribution >= 0.6 is 0 Å². The van der Waals surface area contributed by atoms with E-state index in [1.165, 1.54) is 0 Å². The fourth-order valence-electron chi connectivity index (χ4n) is 3.31. The fraction of sp³-hybridized carbons (Fsp3) is 0.200. The van der Waals surface area contributed by atoms with E-state index in [4.69, 9.17) is 4.74 Å². The second-order valence-corrected chi connectivity index (χ2v) is 6.38. The molecule has 6 nitrogen and oxygen atoms in total. The van der Waals surface area contributed by atoms with E-state index in [1.54, 1.807) is 6.20 Å². The molecule has 26 heavy (non-hydrogen) atoms. The number of carboxylic acids is 1. The molecule has 2 heterocycles. The van der Waals surface area contributed by atoms with Crippen LogP contribution in [0.3, 0.4) is 0 Å². The molecule has 3 aromatic rings. The van der Waals surface area contributed by atoms with Crippen LogP contribution in [0.2, 0.25) is 0 Å². The van der Waals surface area contributed by atoms with E-state index in [0.29, 0.717) is 12.2 Å². The number of hydrogen-bond acceptors (Lipinski definition) is 3. The van der Waals surface area contributed by atoms with Crippen LogP contribution in [0.25, 0.3) is 10.9 Å². The molecule has 0 bridgehead atoms. The summed E-state index contributed by atoms with van der Waals surface area (Å²) in [6.07, 6.45) is 1.73. The number of fused-ring (bicyclic) bond motifs is 2. The quantitative estimate of drug-likeness (QED) is 0.658. The molecular weight excluding hydrogens is 332 g/mol. The van der Waals surface area contributed by atoms with Crippen LogP contribution in [0.15, 0.2) is 54.7 Å². The van der Waals surface area contributed by atoms with Crippen molar-refractivity contribution in [3.05, 3.63) is 65.9 Å². The topological polar surface area (TPSA) is 91.4 Å². The lowest BCUT2D eigenvalue weighted by molar-refractivity contribution is -0.142. The van der Waals surface area contributed by atoms with Crippen molar-refractivity contribution in [3.8, 4) is 5.75 Å². The molecule has 1 aliphatic heterocycles. The molecule has 0 saturated carbocycles. The smallest absolute Gasteiger partial charge is 0.326 e. The minimum absolute atomic E-state index is 0.199. The number of ether oxygens (including phenoxy) is 1. The van der Waals surface area contributed by atoms with Crippen LogP contribution in [0.5, 0.6) is 5.75 Å². The van der Waals surface area contributed by atoms with Crippen LogP contribution in [-0.4, -0.2) is 34.1 Å². The molecule has 3 N–H and O–H groups in total. The number of hydrogen-bond donors (Lipinski definition) is 3. The van der Waals surface area contributed by atoms with Crippen LogP contribution in [-0.2, 0) is 22.4 Å². The number of carboxylic acid groups (broad SMARTS) is 1. The normalized spacial score (nSPS) is 16.7. The van der Waals surface area contributed by atoms with Crippen LogP contribution in [0, 0.1) is 0 Å². The van der Waals surface area contributed by atoms with Crippen molar-refractivity contribution in [2.45, 2.75) is 25.0 Å². The Bertz CT molecular complexity index is 954. The second-order valence-electron chi connectivity index (χ2n) is 6.38. The molecule has 0 aliphatic carbocycles. The van der Waals surface area contributed by atoms with E-state index in [9.17, 15) is 14.7 Å². The van der Waals surface area contributed by atoms with Gasteiger partial charge in [0.05, 0.1) is 0 Å². The van der Waals surface area contributed by atoms with Crippen LogP contribution in [0.1, 0.15) is 11.1 Å². The number of H-pyrrole nitrogens is 1. The molecule has 0 spiro atoms. The molecule has 6 heteroatoms. The third-order valence-corrected chi connectivity index (χ3v) is 4.65. The summed E-state index contributed by atoms with van der Waals surface area (Å²) in [5.74, 6) is -0.802. The first kappa shape index (κ1) is 16.2. The summed E-state index contributed by atoms with van der Waals surface area (Å²) in [5, 5.41) is 13.1. The maximum atomic E-state index is 12.5.